The van der Waals surface area contributed by atoms with Crippen LogP contribution in [-0.4, -0.2) is 34.5 Å². The summed E-state index contributed by atoms with van der Waals surface area (Å²) in [5.74, 6) is 6.71. The van der Waals surface area contributed by atoms with Crippen LogP contribution in [0.3, 0.4) is 0 Å². The SMILES string of the molecule is CN(N)Sc1cccc(Sc2cnc(N3CCC4(CCCC4)CC3)cn2)c1Cl. The van der Waals surface area contributed by atoms with E-state index < -0.39 is 0 Å². The summed E-state index contributed by atoms with van der Waals surface area (Å²) in [7, 11) is 1.79. The van der Waals surface area contributed by atoms with Crippen molar-refractivity contribution in [2.45, 2.75) is 53.3 Å². The van der Waals surface area contributed by atoms with Crippen LogP contribution in [0.25, 0.3) is 0 Å². The van der Waals surface area contributed by atoms with E-state index >= 15 is 0 Å². The third kappa shape index (κ3) is 4.60. The molecule has 1 saturated heterocycles. The number of rotatable bonds is 5. The molecule has 2 heterocycles. The maximum absolute atomic E-state index is 6.53. The third-order valence-electron chi connectivity index (χ3n) is 5.81. The van der Waals surface area contributed by atoms with Gasteiger partial charge in [0.25, 0.3) is 0 Å². The fraction of sp³-hybridized carbons (Fsp3) is 0.500. The minimum atomic E-state index is 0.622. The van der Waals surface area contributed by atoms with Crippen molar-refractivity contribution in [1.82, 2.24) is 14.4 Å². The molecule has 1 aromatic heterocycles. The lowest BCUT2D eigenvalue weighted by molar-refractivity contribution is 0.226. The first-order valence-corrected chi connectivity index (χ1v) is 11.7. The van der Waals surface area contributed by atoms with Gasteiger partial charge >= 0.3 is 0 Å². The molecule has 1 spiro atoms. The zero-order valence-corrected chi connectivity index (χ0v) is 18.5. The molecule has 1 saturated carbocycles. The highest BCUT2D eigenvalue weighted by Gasteiger charge is 2.37. The number of hydrogen-bond donors (Lipinski definition) is 1. The number of anilines is 1. The van der Waals surface area contributed by atoms with Gasteiger partial charge in [-0.05, 0) is 55.2 Å². The molecule has 2 aliphatic rings. The number of nitrogens with zero attached hydrogens (tertiary/aromatic N) is 4. The van der Waals surface area contributed by atoms with E-state index in [1.165, 1.54) is 62.2 Å². The van der Waals surface area contributed by atoms with Crippen LogP contribution in [0.15, 0.2) is 45.4 Å². The van der Waals surface area contributed by atoms with Gasteiger partial charge in [-0.25, -0.2) is 9.97 Å². The Morgan fingerprint density at radius 2 is 1.79 bits per heavy atom. The van der Waals surface area contributed by atoms with Crippen LogP contribution in [0.1, 0.15) is 38.5 Å². The Morgan fingerprint density at radius 1 is 1.07 bits per heavy atom. The van der Waals surface area contributed by atoms with E-state index in [2.05, 4.69) is 14.9 Å². The van der Waals surface area contributed by atoms with Crippen LogP contribution in [0.4, 0.5) is 5.82 Å². The van der Waals surface area contributed by atoms with Crippen molar-refractivity contribution < 1.29 is 0 Å². The summed E-state index contributed by atoms with van der Waals surface area (Å²) in [6, 6.07) is 5.94. The molecule has 2 fully saturated rings. The summed E-state index contributed by atoms with van der Waals surface area (Å²) >= 11 is 9.47. The fourth-order valence-corrected chi connectivity index (χ4v) is 6.10. The van der Waals surface area contributed by atoms with Crippen LogP contribution in [-0.2, 0) is 0 Å². The number of aromatic nitrogens is 2. The van der Waals surface area contributed by atoms with Crippen molar-refractivity contribution >= 4 is 41.1 Å². The summed E-state index contributed by atoms with van der Waals surface area (Å²) < 4.78 is 1.54. The molecule has 0 amide bonds. The van der Waals surface area contributed by atoms with Crippen molar-refractivity contribution in [1.29, 1.82) is 0 Å². The summed E-state index contributed by atoms with van der Waals surface area (Å²) in [5, 5.41) is 1.54. The summed E-state index contributed by atoms with van der Waals surface area (Å²) in [6.45, 7) is 2.19. The predicted molar refractivity (Wildman–Crippen MR) is 118 cm³/mol. The zero-order chi connectivity index (χ0) is 19.6. The van der Waals surface area contributed by atoms with E-state index in [9.17, 15) is 0 Å². The Bertz CT molecular complexity index is 799. The average Bonchev–Trinajstić information content (AvgIpc) is 3.14. The summed E-state index contributed by atoms with van der Waals surface area (Å²) in [6.07, 6.45) is 12.0. The van der Waals surface area contributed by atoms with E-state index in [1.807, 2.05) is 30.6 Å². The zero-order valence-electron chi connectivity index (χ0n) is 16.1. The minimum Gasteiger partial charge on any atom is -0.355 e. The summed E-state index contributed by atoms with van der Waals surface area (Å²) in [5.41, 5.74) is 0.622. The van der Waals surface area contributed by atoms with Crippen molar-refractivity contribution in [2.75, 3.05) is 25.0 Å². The minimum absolute atomic E-state index is 0.622. The van der Waals surface area contributed by atoms with E-state index in [4.69, 9.17) is 17.4 Å². The largest absolute Gasteiger partial charge is 0.355 e. The maximum atomic E-state index is 6.53. The van der Waals surface area contributed by atoms with E-state index in [1.54, 1.807) is 11.5 Å². The highest BCUT2D eigenvalue weighted by molar-refractivity contribution is 7.99. The lowest BCUT2D eigenvalue weighted by Crippen LogP contribution is -2.39. The van der Waals surface area contributed by atoms with Crippen LogP contribution in [0.2, 0.25) is 5.02 Å². The topological polar surface area (TPSA) is 58.3 Å². The van der Waals surface area contributed by atoms with Gasteiger partial charge in [0.05, 0.1) is 17.4 Å². The Balaban J connectivity index is 1.40. The van der Waals surface area contributed by atoms with Crippen LogP contribution < -0.4 is 10.7 Å². The monoisotopic (exact) mass is 435 g/mol. The second-order valence-electron chi connectivity index (χ2n) is 7.71. The molecule has 8 heteroatoms. The lowest BCUT2D eigenvalue weighted by Gasteiger charge is -2.39. The second kappa shape index (κ2) is 8.79. The lowest BCUT2D eigenvalue weighted by atomic mass is 9.77. The molecule has 1 aliphatic carbocycles. The highest BCUT2D eigenvalue weighted by Crippen LogP contribution is 2.46. The fourth-order valence-electron chi connectivity index (χ4n) is 4.27. The van der Waals surface area contributed by atoms with E-state index in [0.29, 0.717) is 10.4 Å². The van der Waals surface area contributed by atoms with Crippen molar-refractivity contribution in [3.05, 3.63) is 35.6 Å². The summed E-state index contributed by atoms with van der Waals surface area (Å²) in [4.78, 5) is 13.6. The van der Waals surface area contributed by atoms with Gasteiger partial charge in [-0.3, -0.25) is 5.84 Å². The smallest absolute Gasteiger partial charge is 0.147 e. The van der Waals surface area contributed by atoms with Gasteiger partial charge < -0.3 is 4.90 Å². The van der Waals surface area contributed by atoms with Gasteiger partial charge in [0.2, 0.25) is 0 Å². The standard InChI is InChI=1S/C20H26ClN5S2/c1-25(22)28-16-6-4-5-15(19(16)21)27-18-14-23-17(13-24-18)26-11-9-20(10-12-26)7-2-3-8-20/h4-6,13-14H,2-3,7-12,22H2,1H3. The third-order valence-corrected chi connectivity index (χ3v) is 8.25. The molecule has 1 aliphatic heterocycles. The Morgan fingerprint density at radius 3 is 2.43 bits per heavy atom. The molecule has 28 heavy (non-hydrogen) atoms. The quantitative estimate of drug-likeness (QED) is 0.390. The number of piperidine rings is 1. The molecular weight excluding hydrogens is 410 g/mol. The molecule has 2 aromatic rings. The first-order valence-electron chi connectivity index (χ1n) is 9.74. The number of hydrazine groups is 1. The first kappa shape index (κ1) is 20.3. The van der Waals surface area contributed by atoms with Crippen LogP contribution >= 0.6 is 35.3 Å². The first-order chi connectivity index (χ1) is 13.5. The molecule has 0 unspecified atom stereocenters. The normalized spacial score (nSPS) is 18.9. The molecule has 5 nitrogen and oxygen atoms in total. The molecule has 4 rings (SSSR count). The Kier molecular flexibility index (Phi) is 6.37. The Hall–Kier alpha value is -0.990. The highest BCUT2D eigenvalue weighted by atomic mass is 35.5. The average molecular weight is 436 g/mol. The van der Waals surface area contributed by atoms with Gasteiger partial charge in [-0.1, -0.05) is 42.3 Å². The molecule has 1 aromatic carbocycles. The Labute approximate surface area is 180 Å². The van der Waals surface area contributed by atoms with Crippen LogP contribution in [0, 0.1) is 5.41 Å². The van der Waals surface area contributed by atoms with Gasteiger partial charge in [-0.15, -0.1) is 0 Å². The predicted octanol–water partition coefficient (Wildman–Crippen LogP) is 5.25. The van der Waals surface area contributed by atoms with Gasteiger partial charge in [-0.2, -0.15) is 4.41 Å². The second-order valence-corrected chi connectivity index (χ2v) is 10.4. The molecule has 0 atom stereocenters. The molecule has 0 radical (unpaired) electrons. The van der Waals surface area contributed by atoms with Crippen molar-refractivity contribution in [3.63, 3.8) is 0 Å². The van der Waals surface area contributed by atoms with Gasteiger partial charge in [0.1, 0.15) is 10.8 Å². The number of nitrogens with two attached hydrogens (primary N) is 1. The van der Waals surface area contributed by atoms with Crippen molar-refractivity contribution in [2.24, 2.45) is 11.3 Å². The van der Waals surface area contributed by atoms with Gasteiger partial charge in [0.15, 0.2) is 0 Å². The van der Waals surface area contributed by atoms with Crippen LogP contribution in [0.5, 0.6) is 0 Å². The number of hydrogen-bond acceptors (Lipinski definition) is 7. The van der Waals surface area contributed by atoms with E-state index in [0.717, 1.165) is 33.7 Å². The maximum Gasteiger partial charge on any atom is 0.147 e. The molecule has 150 valence electrons. The van der Waals surface area contributed by atoms with Gasteiger partial charge in [0, 0.05) is 29.9 Å². The number of benzene rings is 1. The van der Waals surface area contributed by atoms with Crippen molar-refractivity contribution in [3.8, 4) is 0 Å². The number of halogens is 1. The molecule has 0 bridgehead atoms. The molecule has 2 N–H and O–H groups in total. The van der Waals surface area contributed by atoms with E-state index in [-0.39, 0.29) is 0 Å². The molecular formula is C20H26ClN5S2.